The molecule has 0 fully saturated rings. The molecule has 1 N–H and O–H groups in total. The molecule has 1 aromatic carbocycles. The van der Waals surface area contributed by atoms with Gasteiger partial charge < -0.3 is 10.1 Å². The minimum atomic E-state index is -0.376. The number of amides is 1. The largest absolute Gasteiger partial charge is 0.480 e. The van der Waals surface area contributed by atoms with E-state index in [1.807, 2.05) is 36.7 Å². The van der Waals surface area contributed by atoms with Crippen molar-refractivity contribution in [1.82, 2.24) is 15.1 Å². The summed E-state index contributed by atoms with van der Waals surface area (Å²) in [5.41, 5.74) is 3.36. The van der Waals surface area contributed by atoms with Gasteiger partial charge in [-0.15, -0.1) is 0 Å². The molecule has 2 aromatic rings. The Morgan fingerprint density at radius 2 is 2.22 bits per heavy atom. The van der Waals surface area contributed by atoms with Crippen molar-refractivity contribution < 1.29 is 9.53 Å². The highest BCUT2D eigenvalue weighted by Crippen LogP contribution is 2.26. The van der Waals surface area contributed by atoms with Crippen molar-refractivity contribution in [2.45, 2.75) is 45.8 Å². The molecular weight excluding hydrogens is 290 g/mol. The maximum Gasteiger partial charge on any atom is 0.261 e. The summed E-state index contributed by atoms with van der Waals surface area (Å²) < 4.78 is 7.78. The van der Waals surface area contributed by atoms with Gasteiger partial charge >= 0.3 is 0 Å². The summed E-state index contributed by atoms with van der Waals surface area (Å²) in [5, 5.41) is 7.40. The van der Waals surface area contributed by atoms with Crippen LogP contribution < -0.4 is 10.1 Å². The fraction of sp³-hybridized carbons (Fsp3) is 0.444. The zero-order valence-electron chi connectivity index (χ0n) is 13.7. The fourth-order valence-corrected chi connectivity index (χ4v) is 2.96. The van der Waals surface area contributed by atoms with Gasteiger partial charge in [0.15, 0.2) is 6.10 Å². The first-order chi connectivity index (χ1) is 11.1. The van der Waals surface area contributed by atoms with Gasteiger partial charge in [-0.3, -0.25) is 9.48 Å². The van der Waals surface area contributed by atoms with Crippen LogP contribution in [0.2, 0.25) is 0 Å². The predicted molar refractivity (Wildman–Crippen MR) is 88.5 cm³/mol. The third-order valence-electron chi connectivity index (χ3n) is 4.16. The van der Waals surface area contributed by atoms with E-state index < -0.39 is 0 Å². The Morgan fingerprint density at radius 1 is 1.39 bits per heavy atom. The molecule has 1 aliphatic rings. The van der Waals surface area contributed by atoms with E-state index in [0.717, 1.165) is 42.9 Å². The topological polar surface area (TPSA) is 56.2 Å². The van der Waals surface area contributed by atoms with Crippen molar-refractivity contribution in [2.24, 2.45) is 0 Å². The van der Waals surface area contributed by atoms with E-state index in [1.54, 1.807) is 0 Å². The van der Waals surface area contributed by atoms with Crippen molar-refractivity contribution in [1.29, 1.82) is 0 Å². The molecule has 2 heterocycles. The van der Waals surface area contributed by atoms with Gasteiger partial charge in [-0.05, 0) is 50.8 Å². The first kappa shape index (κ1) is 15.6. The second-order valence-corrected chi connectivity index (χ2v) is 6.05. The minimum absolute atomic E-state index is 0.0205. The van der Waals surface area contributed by atoms with Crippen LogP contribution >= 0.6 is 0 Å². The molecule has 0 aliphatic carbocycles. The number of rotatable bonds is 5. The zero-order chi connectivity index (χ0) is 16.2. The molecule has 122 valence electrons. The van der Waals surface area contributed by atoms with Crippen LogP contribution in [-0.2, 0) is 17.8 Å². The molecule has 1 aromatic heterocycles. The number of aromatic nitrogens is 2. The summed E-state index contributed by atoms with van der Waals surface area (Å²) in [7, 11) is 0. The third-order valence-corrected chi connectivity index (χ3v) is 4.16. The van der Waals surface area contributed by atoms with Gasteiger partial charge in [-0.25, -0.2) is 0 Å². The minimum Gasteiger partial charge on any atom is -0.480 e. The van der Waals surface area contributed by atoms with Crippen LogP contribution in [0.15, 0.2) is 30.3 Å². The summed E-state index contributed by atoms with van der Waals surface area (Å²) in [5.74, 6) is 0.814. The summed E-state index contributed by atoms with van der Waals surface area (Å²) >= 11 is 0. The van der Waals surface area contributed by atoms with Crippen LogP contribution in [0.4, 0.5) is 0 Å². The number of hydrogen-bond acceptors (Lipinski definition) is 3. The monoisotopic (exact) mass is 313 g/mol. The number of aryl methyl sites for hydroxylation is 4. The molecule has 1 atom stereocenters. The highest BCUT2D eigenvalue weighted by Gasteiger charge is 2.25. The van der Waals surface area contributed by atoms with Crippen LogP contribution in [0.1, 0.15) is 29.8 Å². The molecule has 23 heavy (non-hydrogen) atoms. The number of carbonyl (C=O) groups excluding carboxylic acids is 1. The van der Waals surface area contributed by atoms with Gasteiger partial charge in [0.05, 0.1) is 5.69 Å². The van der Waals surface area contributed by atoms with Crippen LogP contribution in [0, 0.1) is 13.8 Å². The molecule has 0 bridgehead atoms. The second kappa shape index (κ2) is 6.86. The number of para-hydroxylation sites is 1. The lowest BCUT2D eigenvalue weighted by Crippen LogP contribution is -2.40. The SMILES string of the molecule is Cc1cc(C)n(CCCNC(=O)[C@H]2CCc3ccccc3O2)n1. The van der Waals surface area contributed by atoms with Crippen molar-refractivity contribution in [3.63, 3.8) is 0 Å². The van der Waals surface area contributed by atoms with E-state index in [2.05, 4.69) is 22.5 Å². The van der Waals surface area contributed by atoms with E-state index in [1.165, 1.54) is 5.56 Å². The molecule has 0 spiro atoms. The van der Waals surface area contributed by atoms with Crippen LogP contribution in [0.3, 0.4) is 0 Å². The van der Waals surface area contributed by atoms with Crippen LogP contribution in [-0.4, -0.2) is 28.3 Å². The number of benzene rings is 1. The van der Waals surface area contributed by atoms with E-state index in [-0.39, 0.29) is 12.0 Å². The maximum atomic E-state index is 12.2. The molecule has 0 saturated carbocycles. The highest BCUT2D eigenvalue weighted by molar-refractivity contribution is 5.81. The lowest BCUT2D eigenvalue weighted by Gasteiger charge is -2.25. The van der Waals surface area contributed by atoms with Gasteiger partial charge in [-0.1, -0.05) is 18.2 Å². The average Bonchev–Trinajstić information content (AvgIpc) is 2.88. The van der Waals surface area contributed by atoms with Crippen molar-refractivity contribution in [3.05, 3.63) is 47.3 Å². The number of nitrogens with zero attached hydrogens (tertiary/aromatic N) is 2. The van der Waals surface area contributed by atoms with Crippen molar-refractivity contribution in [3.8, 4) is 5.75 Å². The number of fused-ring (bicyclic) bond motifs is 1. The first-order valence-electron chi connectivity index (χ1n) is 8.17. The Balaban J connectivity index is 1.44. The van der Waals surface area contributed by atoms with E-state index in [9.17, 15) is 4.79 Å². The Bertz CT molecular complexity index is 693. The number of carbonyl (C=O) groups is 1. The van der Waals surface area contributed by atoms with Gasteiger partial charge in [-0.2, -0.15) is 5.10 Å². The quantitative estimate of drug-likeness (QED) is 0.862. The van der Waals surface area contributed by atoms with Crippen LogP contribution in [0.25, 0.3) is 0 Å². The second-order valence-electron chi connectivity index (χ2n) is 6.05. The summed E-state index contributed by atoms with van der Waals surface area (Å²) in [6.07, 6.45) is 2.11. The van der Waals surface area contributed by atoms with E-state index >= 15 is 0 Å². The molecule has 0 radical (unpaired) electrons. The predicted octanol–water partition coefficient (Wildman–Crippen LogP) is 2.40. The molecule has 1 aliphatic heterocycles. The van der Waals surface area contributed by atoms with E-state index in [4.69, 9.17) is 4.74 Å². The molecule has 0 unspecified atom stereocenters. The first-order valence-corrected chi connectivity index (χ1v) is 8.17. The summed E-state index contributed by atoms with van der Waals surface area (Å²) in [6, 6.07) is 9.98. The van der Waals surface area contributed by atoms with Gasteiger partial charge in [0, 0.05) is 18.8 Å². The number of nitrogens with one attached hydrogen (secondary N) is 1. The Labute approximate surface area is 136 Å². The smallest absolute Gasteiger partial charge is 0.261 e. The number of ether oxygens (including phenoxy) is 1. The summed E-state index contributed by atoms with van der Waals surface area (Å²) in [6.45, 7) is 5.49. The van der Waals surface area contributed by atoms with Crippen LogP contribution in [0.5, 0.6) is 5.75 Å². The standard InChI is InChI=1S/C18H23N3O2/c1-13-12-14(2)21(20-13)11-5-10-19-18(22)17-9-8-15-6-3-4-7-16(15)23-17/h3-4,6-7,12,17H,5,8-11H2,1-2H3,(H,19,22)/t17-/m1/s1. The summed E-state index contributed by atoms with van der Waals surface area (Å²) in [4.78, 5) is 12.2. The zero-order valence-corrected chi connectivity index (χ0v) is 13.7. The normalized spacial score (nSPS) is 16.5. The lowest BCUT2D eigenvalue weighted by molar-refractivity contribution is -0.128. The van der Waals surface area contributed by atoms with E-state index in [0.29, 0.717) is 6.54 Å². The van der Waals surface area contributed by atoms with Crippen molar-refractivity contribution >= 4 is 5.91 Å². The molecule has 5 heteroatoms. The third kappa shape index (κ3) is 3.73. The fourth-order valence-electron chi connectivity index (χ4n) is 2.96. The molecule has 3 rings (SSSR count). The average molecular weight is 313 g/mol. The van der Waals surface area contributed by atoms with Crippen molar-refractivity contribution in [2.75, 3.05) is 6.54 Å². The number of hydrogen-bond donors (Lipinski definition) is 1. The Hall–Kier alpha value is -2.30. The molecule has 0 saturated heterocycles. The molecule has 5 nitrogen and oxygen atoms in total. The maximum absolute atomic E-state index is 12.2. The Kier molecular flexibility index (Phi) is 4.65. The molecule has 1 amide bonds. The van der Waals surface area contributed by atoms with Gasteiger partial charge in [0.1, 0.15) is 5.75 Å². The highest BCUT2D eigenvalue weighted by atomic mass is 16.5. The lowest BCUT2D eigenvalue weighted by atomic mass is 10.0. The molecular formula is C18H23N3O2. The van der Waals surface area contributed by atoms with Gasteiger partial charge in [0.25, 0.3) is 5.91 Å². The van der Waals surface area contributed by atoms with Gasteiger partial charge in [0.2, 0.25) is 0 Å². The Morgan fingerprint density at radius 3 is 3.00 bits per heavy atom.